The topological polar surface area (TPSA) is 72.8 Å². The fourth-order valence-corrected chi connectivity index (χ4v) is 8.62. The molecular formula is C79H122O5. The first-order valence-electron chi connectivity index (χ1n) is 33.6. The van der Waals surface area contributed by atoms with Gasteiger partial charge in [-0.05, 0) is 148 Å². The zero-order chi connectivity index (χ0) is 60.5. The van der Waals surface area contributed by atoms with Crippen molar-refractivity contribution in [3.05, 3.63) is 207 Å². The van der Waals surface area contributed by atoms with Gasteiger partial charge in [0.2, 0.25) is 0 Å². The van der Waals surface area contributed by atoms with Crippen molar-refractivity contribution < 1.29 is 24.2 Å². The lowest BCUT2D eigenvalue weighted by Crippen LogP contribution is -2.28. The molecule has 5 nitrogen and oxygen atoms in total. The molecule has 0 saturated carbocycles. The second-order valence-corrected chi connectivity index (χ2v) is 21.4. The molecule has 0 fully saturated rings. The summed E-state index contributed by atoms with van der Waals surface area (Å²) in [6.45, 7) is 3.88. The molecule has 0 aromatic carbocycles. The van der Waals surface area contributed by atoms with E-state index < -0.39 is 6.10 Å². The lowest BCUT2D eigenvalue weighted by molar-refractivity contribution is -0.161. The molecule has 0 aromatic heterocycles. The standard InChI is InChI=1S/C79H122O5/c1-3-5-7-9-11-13-15-17-19-21-23-25-27-29-31-33-34-35-36-37-38-39-40-41-42-43-44-46-48-50-52-54-56-58-60-62-64-66-68-70-72-74-79(82)84-77(75-80)76-83-78(81)73-71-69-67-65-63-61-59-57-55-53-51-49-47-45-32-30-28-26-24-22-20-18-16-14-12-10-8-6-4-2/h5-8,11-14,17-20,23-26,29-32,34-35,37-38,40-41,43-44,47,49,53,55,59,61,77,80H,3-4,9-10,15-16,21-22,27-28,33,36,39,42,45-46,48,50-52,54,56-58,60,62-76H2,1-2H3/b7-5-,8-6-,13-11-,14-12-,19-17-,20-18-,25-23-,26-24-,31-29-,32-30-,35-34-,38-37-,41-40-,44-43-,49-47-,55-53-,61-59-. The maximum absolute atomic E-state index is 12.4. The van der Waals surface area contributed by atoms with Gasteiger partial charge in [0.1, 0.15) is 6.61 Å². The number of carbonyl (C=O) groups excluding carboxylic acids is 2. The molecule has 0 rings (SSSR count). The molecule has 0 aliphatic rings. The fourth-order valence-electron chi connectivity index (χ4n) is 8.62. The number of aliphatic hydroxyl groups is 1. The minimum atomic E-state index is -0.801. The number of ether oxygens (including phenoxy) is 2. The second kappa shape index (κ2) is 71.7. The van der Waals surface area contributed by atoms with Gasteiger partial charge in [0.25, 0.3) is 0 Å². The highest BCUT2D eigenvalue weighted by molar-refractivity contribution is 5.70. The highest BCUT2D eigenvalue weighted by atomic mass is 16.6. The number of aliphatic hydroxyl groups excluding tert-OH is 1. The van der Waals surface area contributed by atoms with E-state index in [2.05, 4.69) is 220 Å². The molecule has 0 aromatic rings. The van der Waals surface area contributed by atoms with E-state index in [0.29, 0.717) is 12.8 Å². The van der Waals surface area contributed by atoms with Gasteiger partial charge in [-0.3, -0.25) is 9.59 Å². The summed E-state index contributed by atoms with van der Waals surface area (Å²) in [4.78, 5) is 24.6. The van der Waals surface area contributed by atoms with Crippen LogP contribution in [0, 0.1) is 0 Å². The SMILES string of the molecule is CC/C=C\C/C=C\C/C=C\C/C=C\C/C=C\C/C=C\C/C=C\C/C=C\C/C=C\CCCCCCCCCCCCCCCC(=O)OC(CO)COC(=O)CCCCCC/C=C\C/C=C\C/C=C\C/C=C\C/C=C\C/C=C\C/C=C\C/C=C\CC. The fraction of sp³-hybridized carbons (Fsp3) is 0.544. The molecular weight excluding hydrogens is 1030 g/mol. The van der Waals surface area contributed by atoms with Gasteiger partial charge in [0.15, 0.2) is 6.10 Å². The largest absolute Gasteiger partial charge is 0.462 e. The van der Waals surface area contributed by atoms with E-state index in [1.165, 1.54) is 70.6 Å². The van der Waals surface area contributed by atoms with E-state index in [1.54, 1.807) is 0 Å². The molecule has 468 valence electrons. The Morgan fingerprint density at radius 1 is 0.274 bits per heavy atom. The lowest BCUT2D eigenvalue weighted by Gasteiger charge is -2.15. The number of unbranched alkanes of at least 4 members (excludes halogenated alkanes) is 17. The Bertz CT molecular complexity index is 1980. The van der Waals surface area contributed by atoms with Gasteiger partial charge in [-0.1, -0.05) is 304 Å². The van der Waals surface area contributed by atoms with Crippen LogP contribution in [-0.2, 0) is 19.1 Å². The van der Waals surface area contributed by atoms with Gasteiger partial charge in [0.05, 0.1) is 6.61 Å². The molecule has 84 heavy (non-hydrogen) atoms. The summed E-state index contributed by atoms with van der Waals surface area (Å²) in [5.74, 6) is -0.633. The molecule has 1 unspecified atom stereocenters. The monoisotopic (exact) mass is 1150 g/mol. The zero-order valence-electron chi connectivity index (χ0n) is 53.6. The molecule has 1 N–H and O–H groups in total. The first kappa shape index (κ1) is 78.5. The Balaban J connectivity index is 3.61. The maximum Gasteiger partial charge on any atom is 0.306 e. The normalized spacial score (nSPS) is 13.6. The maximum atomic E-state index is 12.4. The Labute approximate surface area is 517 Å². The van der Waals surface area contributed by atoms with Crippen LogP contribution in [0.4, 0.5) is 0 Å². The van der Waals surface area contributed by atoms with Crippen LogP contribution in [0.25, 0.3) is 0 Å². The third kappa shape index (κ3) is 69.0. The molecule has 0 aliphatic carbocycles. The zero-order valence-corrected chi connectivity index (χ0v) is 53.6. The summed E-state index contributed by atoms with van der Waals surface area (Å²) >= 11 is 0. The van der Waals surface area contributed by atoms with Crippen molar-refractivity contribution in [1.29, 1.82) is 0 Å². The van der Waals surface area contributed by atoms with Gasteiger partial charge in [-0.2, -0.15) is 0 Å². The Hall–Kier alpha value is -5.52. The van der Waals surface area contributed by atoms with E-state index in [-0.39, 0.29) is 25.2 Å². The minimum absolute atomic E-state index is 0.0921. The van der Waals surface area contributed by atoms with E-state index >= 15 is 0 Å². The van der Waals surface area contributed by atoms with E-state index in [4.69, 9.17) is 9.47 Å². The van der Waals surface area contributed by atoms with Crippen molar-refractivity contribution in [2.24, 2.45) is 0 Å². The third-order valence-corrected chi connectivity index (χ3v) is 13.6. The average Bonchev–Trinajstić information content (AvgIpc) is 3.51. The number of allylic oxidation sites excluding steroid dienone is 34. The van der Waals surface area contributed by atoms with Crippen LogP contribution < -0.4 is 0 Å². The third-order valence-electron chi connectivity index (χ3n) is 13.6. The van der Waals surface area contributed by atoms with Gasteiger partial charge in [-0.25, -0.2) is 0 Å². The minimum Gasteiger partial charge on any atom is -0.462 e. The van der Waals surface area contributed by atoms with E-state index in [9.17, 15) is 14.7 Å². The first-order chi connectivity index (χ1) is 41.6. The molecule has 1 atom stereocenters. The second-order valence-electron chi connectivity index (χ2n) is 21.4. The number of hydrogen-bond acceptors (Lipinski definition) is 5. The van der Waals surface area contributed by atoms with Crippen LogP contribution in [0.15, 0.2) is 207 Å². The summed E-state index contributed by atoms with van der Waals surface area (Å²) < 4.78 is 10.7. The van der Waals surface area contributed by atoms with Crippen molar-refractivity contribution in [3.8, 4) is 0 Å². The van der Waals surface area contributed by atoms with Crippen molar-refractivity contribution in [1.82, 2.24) is 0 Å². The van der Waals surface area contributed by atoms with Gasteiger partial charge in [0, 0.05) is 12.8 Å². The Morgan fingerprint density at radius 2 is 0.476 bits per heavy atom. The predicted octanol–water partition coefficient (Wildman–Crippen LogP) is 23.8. The van der Waals surface area contributed by atoms with Crippen LogP contribution in [0.5, 0.6) is 0 Å². The van der Waals surface area contributed by atoms with Crippen molar-refractivity contribution in [3.63, 3.8) is 0 Å². The highest BCUT2D eigenvalue weighted by Crippen LogP contribution is 2.15. The van der Waals surface area contributed by atoms with Crippen LogP contribution in [-0.4, -0.2) is 36.4 Å². The first-order valence-corrected chi connectivity index (χ1v) is 33.6. The van der Waals surface area contributed by atoms with E-state index in [1.807, 2.05) is 0 Å². The number of rotatable bonds is 59. The molecule has 5 heteroatoms. The van der Waals surface area contributed by atoms with Gasteiger partial charge >= 0.3 is 11.9 Å². The van der Waals surface area contributed by atoms with Crippen LogP contribution >= 0.6 is 0 Å². The number of carbonyl (C=O) groups is 2. The summed E-state index contributed by atoms with van der Waals surface area (Å²) in [6, 6.07) is 0. The molecule has 0 bridgehead atoms. The molecule has 0 radical (unpaired) electrons. The van der Waals surface area contributed by atoms with Gasteiger partial charge < -0.3 is 14.6 Å². The average molecular weight is 1150 g/mol. The van der Waals surface area contributed by atoms with Crippen LogP contribution in [0.2, 0.25) is 0 Å². The molecule has 0 aliphatic heterocycles. The number of esters is 2. The summed E-state index contributed by atoms with van der Waals surface area (Å²) in [5.41, 5.74) is 0. The molecule has 0 amide bonds. The van der Waals surface area contributed by atoms with Crippen molar-refractivity contribution in [2.75, 3.05) is 13.2 Å². The van der Waals surface area contributed by atoms with Crippen LogP contribution in [0.1, 0.15) is 258 Å². The molecule has 0 spiro atoms. The quantitative estimate of drug-likeness (QED) is 0.0373. The highest BCUT2D eigenvalue weighted by Gasteiger charge is 2.16. The Morgan fingerprint density at radius 3 is 0.714 bits per heavy atom. The van der Waals surface area contributed by atoms with Crippen molar-refractivity contribution in [2.45, 2.75) is 264 Å². The summed E-state index contributed by atoms with van der Waals surface area (Å²) in [5, 5.41) is 9.69. The molecule has 0 saturated heterocycles. The van der Waals surface area contributed by atoms with Crippen LogP contribution in [0.3, 0.4) is 0 Å². The summed E-state index contributed by atoms with van der Waals surface area (Å²) in [7, 11) is 0. The smallest absolute Gasteiger partial charge is 0.306 e. The summed E-state index contributed by atoms with van der Waals surface area (Å²) in [6.07, 6.45) is 115. The predicted molar refractivity (Wildman–Crippen MR) is 370 cm³/mol. The molecule has 0 heterocycles. The van der Waals surface area contributed by atoms with Crippen molar-refractivity contribution >= 4 is 11.9 Å². The number of hydrogen-bond donors (Lipinski definition) is 1. The Kier molecular flexibility index (Phi) is 67.0. The van der Waals surface area contributed by atoms with E-state index in [0.717, 1.165) is 161 Å². The van der Waals surface area contributed by atoms with Gasteiger partial charge in [-0.15, -0.1) is 0 Å². The lowest BCUT2D eigenvalue weighted by atomic mass is 10.0.